The quantitative estimate of drug-likeness (QED) is 0.715. The third kappa shape index (κ3) is 4.72. The zero-order valence-electron chi connectivity index (χ0n) is 15.8. The largest absolute Gasteiger partial charge is 0.418 e. The third-order valence-electron chi connectivity index (χ3n) is 4.70. The van der Waals surface area contributed by atoms with Gasteiger partial charge in [0, 0.05) is 42.9 Å². The molecule has 0 bridgehead atoms. The van der Waals surface area contributed by atoms with E-state index in [1.165, 1.54) is 17.0 Å². The number of rotatable bonds is 4. The molecule has 0 spiro atoms. The summed E-state index contributed by atoms with van der Waals surface area (Å²) in [5, 5.41) is 2.36. The maximum atomic E-state index is 13.5. The van der Waals surface area contributed by atoms with Crippen molar-refractivity contribution in [2.45, 2.75) is 12.6 Å². The molecule has 1 unspecified atom stereocenters. The Morgan fingerprint density at radius 1 is 1.21 bits per heavy atom. The van der Waals surface area contributed by atoms with Gasteiger partial charge in [-0.1, -0.05) is 22.0 Å². The lowest BCUT2D eigenvalue weighted by Gasteiger charge is -2.20. The Kier molecular flexibility index (Phi) is 5.88. The van der Waals surface area contributed by atoms with Gasteiger partial charge in [-0.2, -0.15) is 13.2 Å². The number of amides is 2. The van der Waals surface area contributed by atoms with E-state index in [0.29, 0.717) is 11.4 Å². The maximum absolute atomic E-state index is 13.5. The number of nitrogens with one attached hydrogen (secondary N) is 1. The molecule has 1 saturated heterocycles. The summed E-state index contributed by atoms with van der Waals surface area (Å²) in [6.07, 6.45) is -4.68. The monoisotopic (exact) mass is 469 g/mol. The number of carbonyl (C=O) groups is 2. The molecule has 2 aromatic carbocycles. The van der Waals surface area contributed by atoms with Gasteiger partial charge < -0.3 is 15.1 Å². The lowest BCUT2D eigenvalue weighted by Crippen LogP contribution is -2.28. The first-order chi connectivity index (χ1) is 13.6. The van der Waals surface area contributed by atoms with E-state index >= 15 is 0 Å². The minimum absolute atomic E-state index is 0.0600. The number of hydrogen-bond donors (Lipinski definition) is 1. The van der Waals surface area contributed by atoms with Gasteiger partial charge in [-0.15, -0.1) is 0 Å². The average molecular weight is 470 g/mol. The molecule has 0 aromatic heterocycles. The highest BCUT2D eigenvalue weighted by molar-refractivity contribution is 9.10. The summed E-state index contributed by atoms with van der Waals surface area (Å²) in [4.78, 5) is 28.0. The molecule has 2 amide bonds. The van der Waals surface area contributed by atoms with Crippen molar-refractivity contribution in [3.63, 3.8) is 0 Å². The van der Waals surface area contributed by atoms with Crippen LogP contribution in [0.5, 0.6) is 0 Å². The minimum Gasteiger partial charge on any atom is -0.378 e. The first-order valence-corrected chi connectivity index (χ1v) is 9.61. The van der Waals surface area contributed by atoms with Crippen molar-refractivity contribution < 1.29 is 22.8 Å². The summed E-state index contributed by atoms with van der Waals surface area (Å²) in [5.41, 5.74) is -0.245. The summed E-state index contributed by atoms with van der Waals surface area (Å²) >= 11 is 3.33. The highest BCUT2D eigenvalue weighted by atomic mass is 79.9. The summed E-state index contributed by atoms with van der Waals surface area (Å²) in [7, 11) is 3.27. The van der Waals surface area contributed by atoms with Gasteiger partial charge in [0.2, 0.25) is 11.8 Å². The SMILES string of the molecule is CN(C)c1ccc(NC(=O)C2CC(=O)N(c3cccc(Br)c3)C2)c(C(F)(F)F)c1. The molecular weight excluding hydrogens is 451 g/mol. The van der Waals surface area contributed by atoms with Crippen LogP contribution in [0.4, 0.5) is 30.2 Å². The third-order valence-corrected chi connectivity index (χ3v) is 5.19. The average Bonchev–Trinajstić information content (AvgIpc) is 3.03. The first-order valence-electron chi connectivity index (χ1n) is 8.81. The smallest absolute Gasteiger partial charge is 0.378 e. The van der Waals surface area contributed by atoms with Crippen LogP contribution in [0.1, 0.15) is 12.0 Å². The van der Waals surface area contributed by atoms with Crippen LogP contribution in [0.25, 0.3) is 0 Å². The summed E-state index contributed by atoms with van der Waals surface area (Å²) in [6, 6.07) is 10.8. The Morgan fingerprint density at radius 2 is 1.93 bits per heavy atom. The predicted molar refractivity (Wildman–Crippen MR) is 109 cm³/mol. The Morgan fingerprint density at radius 3 is 2.55 bits per heavy atom. The fourth-order valence-corrected chi connectivity index (χ4v) is 3.55. The zero-order chi connectivity index (χ0) is 21.3. The van der Waals surface area contributed by atoms with Crippen molar-refractivity contribution in [1.29, 1.82) is 0 Å². The lowest BCUT2D eigenvalue weighted by molar-refractivity contribution is -0.137. The van der Waals surface area contributed by atoms with E-state index in [1.54, 1.807) is 37.2 Å². The predicted octanol–water partition coefficient (Wildman–Crippen LogP) is 4.53. The number of alkyl halides is 3. The van der Waals surface area contributed by atoms with Crippen LogP contribution in [0.3, 0.4) is 0 Å². The number of nitrogens with zero attached hydrogens (tertiary/aromatic N) is 2. The molecule has 1 atom stereocenters. The van der Waals surface area contributed by atoms with Crippen LogP contribution >= 0.6 is 15.9 Å². The van der Waals surface area contributed by atoms with Crippen LogP contribution in [-0.4, -0.2) is 32.5 Å². The van der Waals surface area contributed by atoms with E-state index in [1.807, 2.05) is 6.07 Å². The highest BCUT2D eigenvalue weighted by Crippen LogP contribution is 2.37. The number of carbonyl (C=O) groups excluding carboxylic acids is 2. The van der Waals surface area contributed by atoms with Crippen LogP contribution in [0.15, 0.2) is 46.9 Å². The molecule has 29 heavy (non-hydrogen) atoms. The molecule has 1 aliphatic rings. The fourth-order valence-electron chi connectivity index (χ4n) is 3.17. The molecule has 0 aliphatic carbocycles. The van der Waals surface area contributed by atoms with Gasteiger partial charge in [0.05, 0.1) is 17.2 Å². The van der Waals surface area contributed by atoms with E-state index in [4.69, 9.17) is 0 Å². The fraction of sp³-hybridized carbons (Fsp3) is 0.300. The normalized spacial score (nSPS) is 16.8. The van der Waals surface area contributed by atoms with Crippen LogP contribution in [0, 0.1) is 5.92 Å². The van der Waals surface area contributed by atoms with Crippen LogP contribution in [-0.2, 0) is 15.8 Å². The van der Waals surface area contributed by atoms with Crippen molar-refractivity contribution in [1.82, 2.24) is 0 Å². The minimum atomic E-state index is -4.62. The lowest BCUT2D eigenvalue weighted by atomic mass is 10.1. The molecule has 0 saturated carbocycles. The van der Waals surface area contributed by atoms with Gasteiger partial charge >= 0.3 is 6.18 Å². The molecule has 154 valence electrons. The number of anilines is 3. The van der Waals surface area contributed by atoms with E-state index in [9.17, 15) is 22.8 Å². The highest BCUT2D eigenvalue weighted by Gasteiger charge is 2.38. The molecule has 1 aliphatic heterocycles. The van der Waals surface area contributed by atoms with Gasteiger partial charge in [-0.25, -0.2) is 0 Å². The number of hydrogen-bond acceptors (Lipinski definition) is 3. The van der Waals surface area contributed by atoms with Gasteiger partial charge in [0.25, 0.3) is 0 Å². The second kappa shape index (κ2) is 8.06. The molecule has 1 fully saturated rings. The second-order valence-corrected chi connectivity index (χ2v) is 7.91. The molecule has 3 rings (SSSR count). The zero-order valence-corrected chi connectivity index (χ0v) is 17.3. The Labute approximate surface area is 174 Å². The Bertz CT molecular complexity index is 947. The van der Waals surface area contributed by atoms with E-state index in [-0.39, 0.29) is 24.6 Å². The van der Waals surface area contributed by atoms with Crippen molar-refractivity contribution in [2.75, 3.05) is 35.8 Å². The molecule has 9 heteroatoms. The number of halogens is 4. The maximum Gasteiger partial charge on any atom is 0.418 e. The van der Waals surface area contributed by atoms with Gasteiger partial charge in [-0.3, -0.25) is 9.59 Å². The Hall–Kier alpha value is -2.55. The van der Waals surface area contributed by atoms with Crippen molar-refractivity contribution in [3.8, 4) is 0 Å². The molecule has 1 N–H and O–H groups in total. The van der Waals surface area contributed by atoms with E-state index in [0.717, 1.165) is 10.5 Å². The van der Waals surface area contributed by atoms with Crippen LogP contribution < -0.4 is 15.1 Å². The molecular formula is C20H19BrF3N3O2. The van der Waals surface area contributed by atoms with Crippen molar-refractivity contribution in [2.24, 2.45) is 5.92 Å². The summed E-state index contributed by atoms with van der Waals surface area (Å²) < 4.78 is 41.2. The van der Waals surface area contributed by atoms with Gasteiger partial charge in [-0.05, 0) is 36.4 Å². The molecule has 0 radical (unpaired) electrons. The standard InChI is InChI=1S/C20H19BrF3N3O2/c1-26(2)14-6-7-17(16(10-14)20(22,23)24)25-19(29)12-8-18(28)27(11-12)15-5-3-4-13(21)9-15/h3-7,9-10,12H,8,11H2,1-2H3,(H,25,29). The Balaban J connectivity index is 1.80. The van der Waals surface area contributed by atoms with Gasteiger partial charge in [0.1, 0.15) is 0 Å². The first kappa shape index (κ1) is 21.2. The number of benzene rings is 2. The molecule has 2 aromatic rings. The summed E-state index contributed by atoms with van der Waals surface area (Å²) in [5.74, 6) is -1.60. The van der Waals surface area contributed by atoms with E-state index < -0.39 is 23.6 Å². The summed E-state index contributed by atoms with van der Waals surface area (Å²) in [6.45, 7) is 0.109. The molecule has 1 heterocycles. The van der Waals surface area contributed by atoms with E-state index in [2.05, 4.69) is 21.2 Å². The second-order valence-electron chi connectivity index (χ2n) is 7.00. The van der Waals surface area contributed by atoms with Crippen molar-refractivity contribution in [3.05, 3.63) is 52.5 Å². The van der Waals surface area contributed by atoms with Crippen LogP contribution in [0.2, 0.25) is 0 Å². The molecule has 5 nitrogen and oxygen atoms in total. The topological polar surface area (TPSA) is 52.7 Å². The van der Waals surface area contributed by atoms with Gasteiger partial charge in [0.15, 0.2) is 0 Å². The van der Waals surface area contributed by atoms with Crippen molar-refractivity contribution >= 4 is 44.8 Å².